The maximum absolute atomic E-state index is 12.9. The van der Waals surface area contributed by atoms with Crippen LogP contribution >= 0.6 is 0 Å². The fourth-order valence-electron chi connectivity index (χ4n) is 2.15. The molecule has 1 amide bonds. The highest BCUT2D eigenvalue weighted by atomic mass is 19.1. The van der Waals surface area contributed by atoms with Gasteiger partial charge >= 0.3 is 0 Å². The van der Waals surface area contributed by atoms with Crippen LogP contribution in [0, 0.1) is 5.82 Å². The van der Waals surface area contributed by atoms with Crippen LogP contribution in [0.5, 0.6) is 0 Å². The van der Waals surface area contributed by atoms with Gasteiger partial charge in [0, 0.05) is 0 Å². The van der Waals surface area contributed by atoms with Gasteiger partial charge in [0.2, 0.25) is 0 Å². The zero-order chi connectivity index (χ0) is 14.8. The first-order chi connectivity index (χ1) is 10.1. The summed E-state index contributed by atoms with van der Waals surface area (Å²) in [6.07, 6.45) is 1.73. The summed E-state index contributed by atoms with van der Waals surface area (Å²) in [6, 6.07) is 15.3. The maximum Gasteiger partial charge on any atom is 0.280 e. The summed E-state index contributed by atoms with van der Waals surface area (Å²) in [7, 11) is 0. The van der Waals surface area contributed by atoms with Crippen LogP contribution in [0.4, 0.5) is 10.1 Å². The summed E-state index contributed by atoms with van der Waals surface area (Å²) >= 11 is 0. The Balaban J connectivity index is 1.94. The van der Waals surface area contributed by atoms with E-state index >= 15 is 0 Å². The van der Waals surface area contributed by atoms with Gasteiger partial charge in [-0.15, -0.1) is 0 Å². The Morgan fingerprint density at radius 2 is 1.71 bits per heavy atom. The third kappa shape index (κ3) is 2.60. The van der Waals surface area contributed by atoms with Crippen LogP contribution in [-0.4, -0.2) is 11.6 Å². The van der Waals surface area contributed by atoms with Gasteiger partial charge in [-0.1, -0.05) is 30.3 Å². The van der Waals surface area contributed by atoms with Crippen LogP contribution in [0.2, 0.25) is 0 Å². The van der Waals surface area contributed by atoms with Gasteiger partial charge < -0.3 is 0 Å². The molecule has 0 fully saturated rings. The van der Waals surface area contributed by atoms with E-state index in [0.717, 1.165) is 11.3 Å². The minimum atomic E-state index is -0.300. The first kappa shape index (κ1) is 13.2. The number of hydrogen-bond donors (Lipinski definition) is 0. The molecule has 0 N–H and O–H groups in total. The highest BCUT2D eigenvalue weighted by Crippen LogP contribution is 2.24. The number of benzene rings is 2. The van der Waals surface area contributed by atoms with Gasteiger partial charge in [0.25, 0.3) is 5.91 Å². The molecule has 0 saturated carbocycles. The SMILES string of the molecule is CC1=NN(c2ccccc2)C(=O)/C1=C\c1ccc(F)cc1. The Morgan fingerprint density at radius 3 is 2.38 bits per heavy atom. The van der Waals surface area contributed by atoms with Gasteiger partial charge in [-0.2, -0.15) is 10.1 Å². The zero-order valence-electron chi connectivity index (χ0n) is 11.5. The van der Waals surface area contributed by atoms with Gasteiger partial charge in [0.15, 0.2) is 0 Å². The van der Waals surface area contributed by atoms with Crippen LogP contribution in [0.25, 0.3) is 6.08 Å². The molecule has 1 heterocycles. The number of hydrogen-bond acceptors (Lipinski definition) is 2. The number of nitrogens with zero attached hydrogens (tertiary/aromatic N) is 2. The first-order valence-electron chi connectivity index (χ1n) is 6.57. The fraction of sp³-hybridized carbons (Fsp3) is 0.0588. The number of rotatable bonds is 2. The number of carbonyl (C=O) groups excluding carboxylic acids is 1. The molecule has 3 rings (SSSR count). The van der Waals surface area contributed by atoms with Crippen molar-refractivity contribution in [2.75, 3.05) is 5.01 Å². The third-order valence-electron chi connectivity index (χ3n) is 3.24. The molecule has 2 aromatic rings. The average Bonchev–Trinajstić information content (AvgIpc) is 2.78. The summed E-state index contributed by atoms with van der Waals surface area (Å²) in [5.41, 5.74) is 2.66. The highest BCUT2D eigenvalue weighted by Gasteiger charge is 2.28. The molecule has 21 heavy (non-hydrogen) atoms. The topological polar surface area (TPSA) is 32.7 Å². The normalized spacial score (nSPS) is 16.5. The monoisotopic (exact) mass is 280 g/mol. The van der Waals surface area contributed by atoms with Crippen LogP contribution < -0.4 is 5.01 Å². The minimum Gasteiger partial charge on any atom is -0.267 e. The largest absolute Gasteiger partial charge is 0.280 e. The smallest absolute Gasteiger partial charge is 0.267 e. The molecule has 0 spiro atoms. The number of carbonyl (C=O) groups is 1. The second-order valence-corrected chi connectivity index (χ2v) is 4.75. The average molecular weight is 280 g/mol. The predicted octanol–water partition coefficient (Wildman–Crippen LogP) is 3.63. The Kier molecular flexibility index (Phi) is 3.36. The van der Waals surface area contributed by atoms with Crippen molar-refractivity contribution in [3.63, 3.8) is 0 Å². The number of para-hydroxylation sites is 1. The Morgan fingerprint density at radius 1 is 1.05 bits per heavy atom. The molecule has 0 aliphatic carbocycles. The molecule has 0 radical (unpaired) electrons. The molecule has 1 aliphatic heterocycles. The van der Waals surface area contributed by atoms with E-state index in [2.05, 4.69) is 5.10 Å². The van der Waals surface area contributed by atoms with Crippen molar-refractivity contribution in [1.82, 2.24) is 0 Å². The summed E-state index contributed by atoms with van der Waals surface area (Å²) in [5, 5.41) is 5.67. The molecular formula is C17H13FN2O. The highest BCUT2D eigenvalue weighted by molar-refractivity contribution is 6.32. The van der Waals surface area contributed by atoms with Gasteiger partial charge in [-0.3, -0.25) is 4.79 Å². The molecule has 0 unspecified atom stereocenters. The van der Waals surface area contributed by atoms with Crippen molar-refractivity contribution in [2.45, 2.75) is 6.92 Å². The molecule has 0 saturated heterocycles. The Labute approximate surface area is 122 Å². The molecule has 2 aromatic carbocycles. The zero-order valence-corrected chi connectivity index (χ0v) is 11.5. The number of anilines is 1. The van der Waals surface area contributed by atoms with E-state index in [0.29, 0.717) is 11.3 Å². The molecule has 0 bridgehead atoms. The summed E-state index contributed by atoms with van der Waals surface area (Å²) in [5.74, 6) is -0.478. The lowest BCUT2D eigenvalue weighted by molar-refractivity contribution is -0.114. The summed E-state index contributed by atoms with van der Waals surface area (Å²) in [4.78, 5) is 12.5. The predicted molar refractivity (Wildman–Crippen MR) is 81.4 cm³/mol. The third-order valence-corrected chi connectivity index (χ3v) is 3.24. The van der Waals surface area contributed by atoms with Gasteiger partial charge in [0.05, 0.1) is 17.0 Å². The molecule has 1 aliphatic rings. The van der Waals surface area contributed by atoms with Crippen molar-refractivity contribution >= 4 is 23.4 Å². The number of amides is 1. The lowest BCUT2D eigenvalue weighted by Crippen LogP contribution is -2.21. The molecular weight excluding hydrogens is 267 g/mol. The Bertz CT molecular complexity index is 733. The van der Waals surface area contributed by atoms with Crippen LogP contribution in [0.15, 0.2) is 65.3 Å². The quantitative estimate of drug-likeness (QED) is 0.773. The summed E-state index contributed by atoms with van der Waals surface area (Å²) < 4.78 is 12.9. The van der Waals surface area contributed by atoms with Gasteiger partial charge in [0.1, 0.15) is 5.82 Å². The van der Waals surface area contributed by atoms with Crippen molar-refractivity contribution in [3.05, 3.63) is 71.6 Å². The number of hydrazone groups is 1. The number of halogens is 1. The van der Waals surface area contributed by atoms with Crippen molar-refractivity contribution in [1.29, 1.82) is 0 Å². The van der Waals surface area contributed by atoms with Crippen molar-refractivity contribution in [3.8, 4) is 0 Å². The van der Waals surface area contributed by atoms with Gasteiger partial charge in [-0.25, -0.2) is 4.39 Å². The second-order valence-electron chi connectivity index (χ2n) is 4.75. The molecule has 104 valence electrons. The van der Waals surface area contributed by atoms with Crippen LogP contribution in [-0.2, 0) is 4.79 Å². The van der Waals surface area contributed by atoms with E-state index < -0.39 is 0 Å². The second kappa shape index (κ2) is 5.32. The van der Waals surface area contributed by atoms with E-state index in [4.69, 9.17) is 0 Å². The minimum absolute atomic E-state index is 0.178. The van der Waals surface area contributed by atoms with Crippen LogP contribution in [0.1, 0.15) is 12.5 Å². The van der Waals surface area contributed by atoms with E-state index in [9.17, 15) is 9.18 Å². The summed E-state index contributed by atoms with van der Waals surface area (Å²) in [6.45, 7) is 1.79. The van der Waals surface area contributed by atoms with E-state index in [1.807, 2.05) is 30.3 Å². The Hall–Kier alpha value is -2.75. The lowest BCUT2D eigenvalue weighted by Gasteiger charge is -2.10. The van der Waals surface area contributed by atoms with E-state index in [1.165, 1.54) is 17.1 Å². The fourth-order valence-corrected chi connectivity index (χ4v) is 2.15. The molecule has 4 heteroatoms. The van der Waals surface area contributed by atoms with Crippen molar-refractivity contribution < 1.29 is 9.18 Å². The molecule has 3 nitrogen and oxygen atoms in total. The maximum atomic E-state index is 12.9. The first-order valence-corrected chi connectivity index (χ1v) is 6.57. The van der Waals surface area contributed by atoms with E-state index in [-0.39, 0.29) is 11.7 Å². The molecule has 0 aromatic heterocycles. The van der Waals surface area contributed by atoms with Crippen LogP contribution in [0.3, 0.4) is 0 Å². The van der Waals surface area contributed by atoms with Crippen molar-refractivity contribution in [2.24, 2.45) is 5.10 Å². The molecule has 0 atom stereocenters. The van der Waals surface area contributed by atoms with Gasteiger partial charge in [-0.05, 0) is 42.8 Å². The van der Waals surface area contributed by atoms with E-state index in [1.54, 1.807) is 25.1 Å². The lowest BCUT2D eigenvalue weighted by atomic mass is 10.1. The standard InChI is InChI=1S/C17H13FN2O/c1-12-16(11-13-7-9-14(18)10-8-13)17(21)20(19-12)15-5-3-2-4-6-15/h2-11H,1H3/b16-11-.